The maximum atomic E-state index is 13.2. The summed E-state index contributed by atoms with van der Waals surface area (Å²) in [7, 11) is 1.64. The number of thioether (sulfide) groups is 1. The number of ether oxygens (including phenoxy) is 1. The van der Waals surface area contributed by atoms with Crippen molar-refractivity contribution < 1.29 is 14.3 Å². The molecule has 0 spiro atoms. The standard InChI is InChI=1S/C25H34N2O3S/c1-5-15-26-25(29)23(6-2)27(16-20-9-7-19(3)8-10-20)24(28)18-31-17-21-11-13-22(30-4)14-12-21/h7-14,23H,5-6,15-18H2,1-4H3,(H,26,29)/t23-/m0/s1. The molecule has 0 saturated heterocycles. The molecule has 168 valence electrons. The molecule has 2 aromatic rings. The van der Waals surface area contributed by atoms with E-state index in [1.165, 1.54) is 5.56 Å². The van der Waals surface area contributed by atoms with Crippen LogP contribution in [-0.4, -0.2) is 42.2 Å². The lowest BCUT2D eigenvalue weighted by Crippen LogP contribution is -2.49. The lowest BCUT2D eigenvalue weighted by Gasteiger charge is -2.30. The van der Waals surface area contributed by atoms with Crippen molar-refractivity contribution in [2.24, 2.45) is 0 Å². The Balaban J connectivity index is 2.07. The van der Waals surface area contributed by atoms with Gasteiger partial charge in [0.25, 0.3) is 0 Å². The number of hydrogen-bond donors (Lipinski definition) is 1. The van der Waals surface area contributed by atoms with E-state index in [9.17, 15) is 9.59 Å². The van der Waals surface area contributed by atoms with E-state index in [1.54, 1.807) is 23.8 Å². The van der Waals surface area contributed by atoms with Crippen molar-refractivity contribution in [1.29, 1.82) is 0 Å². The molecule has 0 radical (unpaired) electrons. The summed E-state index contributed by atoms with van der Waals surface area (Å²) in [6, 6.07) is 15.5. The first-order valence-electron chi connectivity index (χ1n) is 10.8. The van der Waals surface area contributed by atoms with Crippen LogP contribution in [0.15, 0.2) is 48.5 Å². The quantitative estimate of drug-likeness (QED) is 0.523. The Morgan fingerprint density at radius 2 is 1.68 bits per heavy atom. The predicted molar refractivity (Wildman–Crippen MR) is 128 cm³/mol. The molecule has 0 unspecified atom stereocenters. The van der Waals surface area contributed by atoms with Gasteiger partial charge in [-0.25, -0.2) is 0 Å². The van der Waals surface area contributed by atoms with Gasteiger partial charge in [0, 0.05) is 18.8 Å². The Hall–Kier alpha value is -2.47. The lowest BCUT2D eigenvalue weighted by atomic mass is 10.1. The van der Waals surface area contributed by atoms with Crippen molar-refractivity contribution in [1.82, 2.24) is 10.2 Å². The second-order valence-electron chi connectivity index (χ2n) is 7.56. The van der Waals surface area contributed by atoms with Crippen LogP contribution in [0.2, 0.25) is 0 Å². The predicted octanol–water partition coefficient (Wildman–Crippen LogP) is 4.57. The van der Waals surface area contributed by atoms with E-state index < -0.39 is 6.04 Å². The molecule has 0 heterocycles. The van der Waals surface area contributed by atoms with E-state index in [0.29, 0.717) is 25.3 Å². The van der Waals surface area contributed by atoms with E-state index in [2.05, 4.69) is 5.32 Å². The lowest BCUT2D eigenvalue weighted by molar-refractivity contribution is -0.139. The number of nitrogens with zero attached hydrogens (tertiary/aromatic N) is 1. The molecular formula is C25H34N2O3S. The van der Waals surface area contributed by atoms with Gasteiger partial charge < -0.3 is 15.0 Å². The van der Waals surface area contributed by atoms with Crippen molar-refractivity contribution in [3.05, 3.63) is 65.2 Å². The number of carbonyl (C=O) groups is 2. The molecule has 0 aliphatic heterocycles. The number of hydrogen-bond acceptors (Lipinski definition) is 4. The topological polar surface area (TPSA) is 58.6 Å². The van der Waals surface area contributed by atoms with Crippen LogP contribution in [0.25, 0.3) is 0 Å². The SMILES string of the molecule is CCCNC(=O)[C@H](CC)N(Cc1ccc(C)cc1)C(=O)CSCc1ccc(OC)cc1. The fourth-order valence-electron chi connectivity index (χ4n) is 3.24. The largest absolute Gasteiger partial charge is 0.497 e. The molecule has 0 aromatic heterocycles. The highest BCUT2D eigenvalue weighted by Gasteiger charge is 2.28. The Kier molecular flexibility index (Phi) is 10.4. The number of nitrogens with one attached hydrogen (secondary N) is 1. The highest BCUT2D eigenvalue weighted by molar-refractivity contribution is 7.99. The third kappa shape index (κ3) is 7.94. The number of amides is 2. The minimum absolute atomic E-state index is 0.0161. The van der Waals surface area contributed by atoms with E-state index in [4.69, 9.17) is 4.74 Å². The maximum Gasteiger partial charge on any atom is 0.242 e. The first kappa shape index (κ1) is 24.8. The Morgan fingerprint density at radius 1 is 1.03 bits per heavy atom. The Labute approximate surface area is 190 Å². The van der Waals surface area contributed by atoms with E-state index in [-0.39, 0.29) is 11.8 Å². The number of carbonyl (C=O) groups excluding carboxylic acids is 2. The van der Waals surface area contributed by atoms with Crippen LogP contribution in [-0.2, 0) is 21.9 Å². The van der Waals surface area contributed by atoms with Crippen molar-refractivity contribution in [2.45, 2.75) is 52.0 Å². The molecule has 0 fully saturated rings. The second-order valence-corrected chi connectivity index (χ2v) is 8.55. The molecular weight excluding hydrogens is 408 g/mol. The van der Waals surface area contributed by atoms with Crippen molar-refractivity contribution in [2.75, 3.05) is 19.4 Å². The summed E-state index contributed by atoms with van der Waals surface area (Å²) in [4.78, 5) is 27.7. The van der Waals surface area contributed by atoms with Crippen LogP contribution >= 0.6 is 11.8 Å². The molecule has 2 amide bonds. The van der Waals surface area contributed by atoms with Gasteiger partial charge in [-0.2, -0.15) is 0 Å². The van der Waals surface area contributed by atoms with Gasteiger partial charge in [-0.05, 0) is 43.0 Å². The fraction of sp³-hybridized carbons (Fsp3) is 0.440. The number of methoxy groups -OCH3 is 1. The van der Waals surface area contributed by atoms with E-state index in [0.717, 1.165) is 29.1 Å². The summed E-state index contributed by atoms with van der Waals surface area (Å²) in [6.45, 7) is 7.06. The average Bonchev–Trinajstić information content (AvgIpc) is 2.79. The monoisotopic (exact) mass is 442 g/mol. The minimum Gasteiger partial charge on any atom is -0.497 e. The van der Waals surface area contributed by atoms with E-state index >= 15 is 0 Å². The average molecular weight is 443 g/mol. The van der Waals surface area contributed by atoms with Gasteiger partial charge in [-0.1, -0.05) is 55.8 Å². The summed E-state index contributed by atoms with van der Waals surface area (Å²) in [5.41, 5.74) is 3.33. The zero-order valence-electron chi connectivity index (χ0n) is 19.0. The van der Waals surface area contributed by atoms with Crippen LogP contribution in [0, 0.1) is 6.92 Å². The minimum atomic E-state index is -0.470. The van der Waals surface area contributed by atoms with Crippen LogP contribution in [0.3, 0.4) is 0 Å². The highest BCUT2D eigenvalue weighted by atomic mass is 32.2. The van der Waals surface area contributed by atoms with Crippen LogP contribution in [0.5, 0.6) is 5.75 Å². The summed E-state index contributed by atoms with van der Waals surface area (Å²) >= 11 is 1.56. The Morgan fingerprint density at radius 3 is 2.26 bits per heavy atom. The summed E-state index contributed by atoms with van der Waals surface area (Å²) in [5, 5.41) is 2.95. The van der Waals surface area contributed by atoms with Gasteiger partial charge in [0.15, 0.2) is 0 Å². The number of benzene rings is 2. The molecule has 2 aromatic carbocycles. The van der Waals surface area contributed by atoms with Crippen molar-refractivity contribution in [3.63, 3.8) is 0 Å². The summed E-state index contributed by atoms with van der Waals surface area (Å²) in [6.07, 6.45) is 1.45. The van der Waals surface area contributed by atoms with Crippen molar-refractivity contribution >= 4 is 23.6 Å². The zero-order chi connectivity index (χ0) is 22.6. The smallest absolute Gasteiger partial charge is 0.242 e. The Bertz CT molecular complexity index is 822. The van der Waals surface area contributed by atoms with Gasteiger partial charge in [0.2, 0.25) is 11.8 Å². The fourth-order valence-corrected chi connectivity index (χ4v) is 4.11. The van der Waals surface area contributed by atoms with Crippen LogP contribution in [0.4, 0.5) is 0 Å². The molecule has 0 aliphatic rings. The normalized spacial score (nSPS) is 11.6. The molecule has 6 heteroatoms. The molecule has 31 heavy (non-hydrogen) atoms. The van der Waals surface area contributed by atoms with Gasteiger partial charge in [0.1, 0.15) is 11.8 Å². The zero-order valence-corrected chi connectivity index (χ0v) is 19.8. The molecule has 1 atom stereocenters. The number of rotatable bonds is 12. The molecule has 5 nitrogen and oxygen atoms in total. The first-order chi connectivity index (χ1) is 15.0. The van der Waals surface area contributed by atoms with Gasteiger partial charge in [0.05, 0.1) is 12.9 Å². The van der Waals surface area contributed by atoms with E-state index in [1.807, 2.05) is 69.3 Å². The third-order valence-corrected chi connectivity index (χ3v) is 6.05. The highest BCUT2D eigenvalue weighted by Crippen LogP contribution is 2.19. The first-order valence-corrected chi connectivity index (χ1v) is 12.0. The summed E-state index contributed by atoms with van der Waals surface area (Å²) < 4.78 is 5.19. The van der Waals surface area contributed by atoms with Gasteiger partial charge >= 0.3 is 0 Å². The molecule has 0 aliphatic carbocycles. The molecule has 1 N–H and O–H groups in total. The van der Waals surface area contributed by atoms with Gasteiger partial charge in [-0.15, -0.1) is 11.8 Å². The van der Waals surface area contributed by atoms with Crippen LogP contribution < -0.4 is 10.1 Å². The van der Waals surface area contributed by atoms with Crippen LogP contribution in [0.1, 0.15) is 43.4 Å². The molecule has 0 saturated carbocycles. The maximum absolute atomic E-state index is 13.2. The summed E-state index contributed by atoms with van der Waals surface area (Å²) in [5.74, 6) is 1.78. The second kappa shape index (κ2) is 13.1. The number of aryl methyl sites for hydroxylation is 1. The van der Waals surface area contributed by atoms with Crippen molar-refractivity contribution in [3.8, 4) is 5.75 Å². The molecule has 0 bridgehead atoms. The molecule has 2 rings (SSSR count). The third-order valence-electron chi connectivity index (χ3n) is 5.06. The van der Waals surface area contributed by atoms with Gasteiger partial charge in [-0.3, -0.25) is 9.59 Å².